The van der Waals surface area contributed by atoms with Crippen LogP contribution in [-0.2, 0) is 25.5 Å². The second kappa shape index (κ2) is 11.6. The lowest BCUT2D eigenvalue weighted by atomic mass is 10.1. The summed E-state index contributed by atoms with van der Waals surface area (Å²) in [6.07, 6.45) is 0.280. The van der Waals surface area contributed by atoms with E-state index in [0.29, 0.717) is 5.75 Å². The quantitative estimate of drug-likeness (QED) is 0.585. The Morgan fingerprint density at radius 3 is 2.03 bits per heavy atom. The van der Waals surface area contributed by atoms with Gasteiger partial charge in [-0.2, -0.15) is 0 Å². The normalized spacial score (nSPS) is 12.4. The summed E-state index contributed by atoms with van der Waals surface area (Å²) in [4.78, 5) is 36.5. The highest BCUT2D eigenvalue weighted by Gasteiger charge is 2.22. The highest BCUT2D eigenvalue weighted by atomic mass is 16.5. The lowest BCUT2D eigenvalue weighted by molar-refractivity contribution is -0.145. The molecule has 2 aromatic carbocycles. The first-order valence-electron chi connectivity index (χ1n) is 9.77. The van der Waals surface area contributed by atoms with Gasteiger partial charge in [0.25, 0.3) is 0 Å². The Bertz CT molecular complexity index is 836. The van der Waals surface area contributed by atoms with E-state index in [0.717, 1.165) is 11.1 Å². The number of amides is 2. The average Bonchev–Trinajstić information content (AvgIpc) is 2.77. The molecular formula is C23H28N2O5. The number of benzene rings is 2. The number of ether oxygens (including phenoxy) is 2. The summed E-state index contributed by atoms with van der Waals surface area (Å²) in [6, 6.07) is 15.8. The van der Waals surface area contributed by atoms with Gasteiger partial charge in [-0.3, -0.25) is 9.59 Å². The minimum atomic E-state index is -0.831. The lowest BCUT2D eigenvalue weighted by Crippen LogP contribution is -2.43. The van der Waals surface area contributed by atoms with Crippen LogP contribution in [0.5, 0.6) is 5.75 Å². The van der Waals surface area contributed by atoms with Gasteiger partial charge in [-0.25, -0.2) is 4.79 Å². The molecule has 2 amide bonds. The molecule has 0 bridgehead atoms. The molecule has 0 spiro atoms. The third-order valence-corrected chi connectivity index (χ3v) is 4.68. The Labute approximate surface area is 176 Å². The van der Waals surface area contributed by atoms with E-state index < -0.39 is 12.0 Å². The molecule has 7 heteroatoms. The number of carbonyl (C=O) groups is 3. The van der Waals surface area contributed by atoms with Crippen LogP contribution in [-0.4, -0.2) is 38.0 Å². The first-order chi connectivity index (χ1) is 14.4. The Hall–Kier alpha value is -3.35. The van der Waals surface area contributed by atoms with E-state index in [1.54, 1.807) is 19.2 Å². The summed E-state index contributed by atoms with van der Waals surface area (Å²) in [5, 5.41) is 5.53. The van der Waals surface area contributed by atoms with Gasteiger partial charge in [0.1, 0.15) is 11.8 Å². The molecule has 2 aromatic rings. The lowest BCUT2D eigenvalue weighted by Gasteiger charge is -2.17. The van der Waals surface area contributed by atoms with Crippen LogP contribution in [0, 0.1) is 0 Å². The molecule has 0 aliphatic rings. The molecule has 0 radical (unpaired) electrons. The topological polar surface area (TPSA) is 93.7 Å². The van der Waals surface area contributed by atoms with Crippen LogP contribution in [0.25, 0.3) is 0 Å². The SMILES string of the molecule is COC(=O)[C@@H](Cc1ccc(OC)cc1)NC(=O)CCC(=O)N[C@H](C)c1ccccc1. The molecule has 0 unspecified atom stereocenters. The van der Waals surface area contributed by atoms with Crippen molar-refractivity contribution < 1.29 is 23.9 Å². The first-order valence-corrected chi connectivity index (χ1v) is 9.77. The molecule has 0 saturated carbocycles. The summed E-state index contributed by atoms with van der Waals surface area (Å²) in [7, 11) is 2.84. The maximum Gasteiger partial charge on any atom is 0.328 e. The molecule has 2 atom stereocenters. The minimum absolute atomic E-state index is 0.0244. The van der Waals surface area contributed by atoms with E-state index in [9.17, 15) is 14.4 Å². The average molecular weight is 412 g/mol. The maximum absolute atomic E-state index is 12.3. The Morgan fingerprint density at radius 2 is 1.47 bits per heavy atom. The summed E-state index contributed by atoms with van der Waals surface area (Å²) < 4.78 is 9.92. The van der Waals surface area contributed by atoms with E-state index in [4.69, 9.17) is 9.47 Å². The van der Waals surface area contributed by atoms with Crippen LogP contribution in [0.15, 0.2) is 54.6 Å². The van der Waals surface area contributed by atoms with Gasteiger partial charge in [0.2, 0.25) is 11.8 Å². The molecule has 2 N–H and O–H groups in total. The standard InChI is InChI=1S/C23H28N2O5/c1-16(18-7-5-4-6-8-18)24-21(26)13-14-22(27)25-20(23(28)30-3)15-17-9-11-19(29-2)12-10-17/h4-12,16,20H,13-15H2,1-3H3,(H,24,26)(H,25,27)/t16-,20-/m1/s1. The van der Waals surface area contributed by atoms with E-state index in [-0.39, 0.29) is 37.1 Å². The summed E-state index contributed by atoms with van der Waals surface area (Å²) >= 11 is 0. The molecule has 160 valence electrons. The van der Waals surface area contributed by atoms with Gasteiger partial charge < -0.3 is 20.1 Å². The molecule has 0 aliphatic heterocycles. The van der Waals surface area contributed by atoms with Crippen LogP contribution in [0.1, 0.15) is 36.9 Å². The number of esters is 1. The fraction of sp³-hybridized carbons (Fsp3) is 0.348. The second-order valence-electron chi connectivity index (χ2n) is 6.90. The summed E-state index contributed by atoms with van der Waals surface area (Å²) in [5.74, 6) is -0.456. The van der Waals surface area contributed by atoms with Crippen LogP contribution < -0.4 is 15.4 Å². The summed E-state index contributed by atoms with van der Waals surface area (Å²) in [5.41, 5.74) is 1.83. The molecule has 30 heavy (non-hydrogen) atoms. The third kappa shape index (κ3) is 7.24. The Morgan fingerprint density at radius 1 is 0.867 bits per heavy atom. The van der Waals surface area contributed by atoms with Crippen molar-refractivity contribution in [3.63, 3.8) is 0 Å². The predicted octanol–water partition coefficient (Wildman–Crippen LogP) is 2.55. The van der Waals surface area contributed by atoms with Gasteiger partial charge in [-0.05, 0) is 30.2 Å². The van der Waals surface area contributed by atoms with Crippen LogP contribution >= 0.6 is 0 Å². The van der Waals surface area contributed by atoms with Gasteiger partial charge >= 0.3 is 5.97 Å². The summed E-state index contributed by atoms with van der Waals surface area (Å²) in [6.45, 7) is 1.88. The van der Waals surface area contributed by atoms with E-state index in [1.165, 1.54) is 7.11 Å². The van der Waals surface area contributed by atoms with Crippen molar-refractivity contribution in [1.29, 1.82) is 0 Å². The van der Waals surface area contributed by atoms with Crippen molar-refractivity contribution in [3.05, 3.63) is 65.7 Å². The van der Waals surface area contributed by atoms with E-state index in [2.05, 4.69) is 10.6 Å². The van der Waals surface area contributed by atoms with Crippen molar-refractivity contribution in [2.75, 3.05) is 14.2 Å². The Balaban J connectivity index is 1.85. The zero-order chi connectivity index (χ0) is 21.9. The zero-order valence-corrected chi connectivity index (χ0v) is 17.5. The molecule has 0 aliphatic carbocycles. The molecule has 7 nitrogen and oxygen atoms in total. The number of carbonyl (C=O) groups excluding carboxylic acids is 3. The van der Waals surface area contributed by atoms with Crippen LogP contribution in [0.4, 0.5) is 0 Å². The van der Waals surface area contributed by atoms with Gasteiger partial charge in [-0.15, -0.1) is 0 Å². The predicted molar refractivity (Wildman–Crippen MR) is 113 cm³/mol. The number of hydrogen-bond acceptors (Lipinski definition) is 5. The van der Waals surface area contributed by atoms with Gasteiger partial charge in [0, 0.05) is 19.3 Å². The second-order valence-corrected chi connectivity index (χ2v) is 6.90. The number of nitrogens with one attached hydrogen (secondary N) is 2. The van der Waals surface area contributed by atoms with Crippen molar-refractivity contribution in [3.8, 4) is 5.75 Å². The van der Waals surface area contributed by atoms with Crippen molar-refractivity contribution >= 4 is 17.8 Å². The van der Waals surface area contributed by atoms with Crippen molar-refractivity contribution in [2.24, 2.45) is 0 Å². The molecule has 0 saturated heterocycles. The fourth-order valence-corrected chi connectivity index (χ4v) is 2.97. The molecular weight excluding hydrogens is 384 g/mol. The fourth-order valence-electron chi connectivity index (χ4n) is 2.97. The first kappa shape index (κ1) is 22.9. The zero-order valence-electron chi connectivity index (χ0n) is 17.5. The molecule has 2 rings (SSSR count). The van der Waals surface area contributed by atoms with Crippen molar-refractivity contribution in [2.45, 2.75) is 38.3 Å². The molecule has 0 heterocycles. The van der Waals surface area contributed by atoms with E-state index >= 15 is 0 Å². The highest BCUT2D eigenvalue weighted by molar-refractivity contribution is 5.87. The maximum atomic E-state index is 12.3. The van der Waals surface area contributed by atoms with Gasteiger partial charge in [-0.1, -0.05) is 42.5 Å². The number of methoxy groups -OCH3 is 2. The van der Waals surface area contributed by atoms with Crippen molar-refractivity contribution in [1.82, 2.24) is 10.6 Å². The molecule has 0 aromatic heterocycles. The minimum Gasteiger partial charge on any atom is -0.497 e. The van der Waals surface area contributed by atoms with E-state index in [1.807, 2.05) is 49.4 Å². The number of rotatable bonds is 10. The molecule has 0 fully saturated rings. The van der Waals surface area contributed by atoms with Gasteiger partial charge in [0.05, 0.1) is 20.3 Å². The smallest absolute Gasteiger partial charge is 0.328 e. The van der Waals surface area contributed by atoms with Crippen LogP contribution in [0.3, 0.4) is 0 Å². The third-order valence-electron chi connectivity index (χ3n) is 4.68. The monoisotopic (exact) mass is 412 g/mol. The largest absolute Gasteiger partial charge is 0.497 e. The number of hydrogen-bond donors (Lipinski definition) is 2. The van der Waals surface area contributed by atoms with Gasteiger partial charge in [0.15, 0.2) is 0 Å². The Kier molecular flexibility index (Phi) is 8.87. The highest BCUT2D eigenvalue weighted by Crippen LogP contribution is 2.14. The van der Waals surface area contributed by atoms with Crippen LogP contribution in [0.2, 0.25) is 0 Å².